The van der Waals surface area contributed by atoms with Gasteiger partial charge in [0.15, 0.2) is 0 Å². The van der Waals surface area contributed by atoms with Crippen LogP contribution in [0.1, 0.15) is 56.4 Å². The number of aryl methyl sites for hydroxylation is 4. The van der Waals surface area contributed by atoms with Crippen LogP contribution in [0.4, 0.5) is 0 Å². The molecule has 0 N–H and O–H groups in total. The fraction of sp³-hybridized carbons (Fsp3) is 0.122. The number of nitrogens with zero attached hydrogens (tertiary/aromatic N) is 6. The molecule has 15 rings (SSSR count). The Morgan fingerprint density at radius 1 is 0.235 bits per heavy atom. The van der Waals surface area contributed by atoms with E-state index in [0.29, 0.717) is 63.2 Å². The highest BCUT2D eigenvalue weighted by Gasteiger charge is 2.19. The van der Waals surface area contributed by atoms with E-state index in [-0.39, 0.29) is 0 Å². The molecule has 0 aliphatic rings. The summed E-state index contributed by atoms with van der Waals surface area (Å²) in [7, 11) is 0. The molecule has 0 radical (unpaired) electrons. The lowest BCUT2D eigenvalue weighted by Gasteiger charge is -2.13. The van der Waals surface area contributed by atoms with Gasteiger partial charge in [0.05, 0.1) is 107 Å². The van der Waals surface area contributed by atoms with Crippen LogP contribution in [0.3, 0.4) is 0 Å². The lowest BCUT2D eigenvalue weighted by atomic mass is 10.1. The Bertz CT molecular complexity index is 5270. The number of halogens is 8. The summed E-state index contributed by atoms with van der Waals surface area (Å²) >= 11 is 60.3. The van der Waals surface area contributed by atoms with E-state index >= 15 is 0 Å². The van der Waals surface area contributed by atoms with Crippen LogP contribution < -0.4 is 0 Å². The van der Waals surface area contributed by atoms with E-state index in [1.165, 1.54) is 42.8 Å². The molecule has 0 saturated carbocycles. The van der Waals surface area contributed by atoms with Crippen molar-refractivity contribution in [2.45, 2.75) is 91.6 Å². The molecule has 20 heteroatoms. The third kappa shape index (κ3) is 18.6. The molecule has 15 aromatic rings. The van der Waals surface area contributed by atoms with E-state index in [1.54, 1.807) is 47.0 Å². The molecule has 0 amide bonds. The van der Waals surface area contributed by atoms with Gasteiger partial charge < -0.3 is 0 Å². The highest BCUT2D eigenvalue weighted by Crippen LogP contribution is 2.41. The second-order valence-electron chi connectivity index (χ2n) is 23.9. The molecule has 3 aromatic heterocycles. The number of benzene rings is 12. The molecule has 102 heavy (non-hydrogen) atoms. The van der Waals surface area contributed by atoms with Gasteiger partial charge in [0.2, 0.25) is 0 Å². The van der Waals surface area contributed by atoms with Gasteiger partial charge in [-0.1, -0.05) is 213 Å². The van der Waals surface area contributed by atoms with Crippen LogP contribution >= 0.6 is 163 Å². The number of aromatic nitrogens is 6. The topological polar surface area (TPSA) is 77.3 Å². The Balaban J connectivity index is 0.000000137. The van der Waals surface area contributed by atoms with E-state index < -0.39 is 0 Å². The van der Waals surface area contributed by atoms with E-state index in [1.807, 2.05) is 121 Å². The molecule has 0 unspecified atom stereocenters. The highest BCUT2D eigenvalue weighted by molar-refractivity contribution is 8.00. The summed E-state index contributed by atoms with van der Waals surface area (Å²) < 4.78 is 0. The molecule has 0 aliphatic carbocycles. The molecule has 0 atom stereocenters. The van der Waals surface area contributed by atoms with Crippen LogP contribution in [0.15, 0.2) is 248 Å². The van der Waals surface area contributed by atoms with Crippen LogP contribution in [0.2, 0.25) is 40.2 Å². The van der Waals surface area contributed by atoms with Crippen molar-refractivity contribution in [3.05, 3.63) is 315 Å². The molecule has 6 nitrogen and oxygen atoms in total. The molecular weight excluding hydrogens is 1540 g/mol. The lowest BCUT2D eigenvalue weighted by molar-refractivity contribution is 1.07. The van der Waals surface area contributed by atoms with Crippen molar-refractivity contribution in [2.24, 2.45) is 0 Å². The average Bonchev–Trinajstić information content (AvgIpc) is 0.794. The van der Waals surface area contributed by atoms with Crippen LogP contribution in [0.25, 0.3) is 65.4 Å². The van der Waals surface area contributed by atoms with Crippen molar-refractivity contribution in [1.29, 1.82) is 0 Å². The summed E-state index contributed by atoms with van der Waals surface area (Å²) in [6.07, 6.45) is 0. The minimum Gasteiger partial charge on any atom is -0.248 e. The lowest BCUT2D eigenvalue weighted by Crippen LogP contribution is -2.01. The Labute approximate surface area is 658 Å². The first-order valence-corrected chi connectivity index (χ1v) is 41.1. The van der Waals surface area contributed by atoms with E-state index in [9.17, 15) is 0 Å². The second kappa shape index (κ2) is 34.4. The van der Waals surface area contributed by atoms with Crippen LogP contribution in [-0.4, -0.2) is 29.9 Å². The molecule has 0 saturated heterocycles. The van der Waals surface area contributed by atoms with Crippen LogP contribution in [-0.2, 0) is 34.5 Å². The third-order valence-corrected chi connectivity index (χ3v) is 26.4. The zero-order valence-corrected chi connectivity index (χ0v) is 66.1. The maximum atomic E-state index is 6.40. The predicted molar refractivity (Wildman–Crippen MR) is 446 cm³/mol. The number of hydrogen-bond donors (Lipinski definition) is 0. The van der Waals surface area contributed by atoms with Gasteiger partial charge in [0, 0.05) is 63.9 Å². The first-order chi connectivity index (χ1) is 49.4. The summed E-state index contributed by atoms with van der Waals surface area (Å²) in [6, 6.07) is 73.2. The molecule has 12 aromatic carbocycles. The third-order valence-electron chi connectivity index (χ3n) is 16.5. The van der Waals surface area contributed by atoms with E-state index in [4.69, 9.17) is 123 Å². The number of thioether (sulfide) groups is 6. The maximum absolute atomic E-state index is 6.40. The van der Waals surface area contributed by atoms with Crippen molar-refractivity contribution in [3.8, 4) is 0 Å². The van der Waals surface area contributed by atoms with Crippen molar-refractivity contribution >= 4 is 229 Å². The summed E-state index contributed by atoms with van der Waals surface area (Å²) in [5.41, 5.74) is 16.4. The summed E-state index contributed by atoms with van der Waals surface area (Å²) in [4.78, 5) is 36.7. The Hall–Kier alpha value is -6.14. The highest BCUT2D eigenvalue weighted by atomic mass is 35.5. The Morgan fingerprint density at radius 3 is 0.765 bits per heavy atom. The van der Waals surface area contributed by atoms with E-state index in [0.717, 1.165) is 120 Å². The Kier molecular flexibility index (Phi) is 25.0. The molecule has 0 aliphatic heterocycles. The molecule has 510 valence electrons. The summed E-state index contributed by atoms with van der Waals surface area (Å²) in [5.74, 6) is 4.08. The van der Waals surface area contributed by atoms with Crippen LogP contribution in [0.5, 0.6) is 0 Å². The van der Waals surface area contributed by atoms with Gasteiger partial charge in [-0.15, -0.1) is 70.6 Å². The number of rotatable bonds is 18. The summed E-state index contributed by atoms with van der Waals surface area (Å²) in [5, 5.41) is 11.6. The van der Waals surface area contributed by atoms with E-state index in [2.05, 4.69) is 149 Å². The van der Waals surface area contributed by atoms with Gasteiger partial charge in [-0.2, -0.15) is 0 Å². The molecule has 0 fully saturated rings. The minimum absolute atomic E-state index is 0.540. The molecule has 0 spiro atoms. The molecule has 0 bridgehead atoms. The van der Waals surface area contributed by atoms with Gasteiger partial charge in [-0.3, -0.25) is 0 Å². The fourth-order valence-electron chi connectivity index (χ4n) is 11.3. The quantitative estimate of drug-likeness (QED) is 0.0606. The SMILES string of the molecule is Cc1ccc(SCc2nc3cc4ccccc4cc3nc2CSc2ccc(C)cc2C)c(C)c1.Clc1ccc(SCc2nc3cc4ccccc4cc3nc2CSc2ccc(Cl)c(Cl)c2)cc1Cl.Clc1cccc(Cl)c1SCc1nc2cc3ccccc3cc2nc1CSc1c(Cl)cccc1Cl. The van der Waals surface area contributed by atoms with Crippen molar-refractivity contribution in [3.63, 3.8) is 0 Å². The zero-order valence-electron chi connectivity index (χ0n) is 55.2. The maximum Gasteiger partial charge on any atom is 0.0897 e. The first-order valence-electron chi connectivity index (χ1n) is 32.2. The molecular formula is C82H60Cl8N6S6. The normalized spacial score (nSPS) is 11.4. The average molecular weight is 1610 g/mol. The first kappa shape index (κ1) is 74.1. The van der Waals surface area contributed by atoms with Crippen molar-refractivity contribution in [1.82, 2.24) is 29.9 Å². The van der Waals surface area contributed by atoms with Gasteiger partial charge in [-0.05, 0) is 180 Å². The predicted octanol–water partition coefficient (Wildman–Crippen LogP) is 28.6. The fourth-order valence-corrected chi connectivity index (χ4v) is 19.1. The van der Waals surface area contributed by atoms with Crippen molar-refractivity contribution < 1.29 is 0 Å². The monoisotopic (exact) mass is 1600 g/mol. The second-order valence-corrected chi connectivity index (χ2v) is 33.3. The number of fused-ring (bicyclic) bond motifs is 6. The smallest absolute Gasteiger partial charge is 0.0897 e. The minimum atomic E-state index is 0.540. The number of hydrogen-bond acceptors (Lipinski definition) is 12. The summed E-state index contributed by atoms with van der Waals surface area (Å²) in [6.45, 7) is 8.65. The standard InChI is InChI=1S/C30H28N2S2.2C26H16Cl4N2S2/c1-19-9-11-29(21(3)13-19)33-17-27-28(18-34-30-12-10-20(2)14-22(30)4)32-26-16-24-8-6-5-7-23(24)15-25(26)31-27;27-17-7-3-8-18(28)25(17)33-13-23-24(14-34-26-19(29)9-4-10-20(26)30)32-22-12-16-6-2-1-5-15(16)11-21(22)31-23;27-19-7-5-17(11-21(19)29)33-13-25-26(14-34-18-6-8-20(28)22(30)12-18)32-24-10-16-4-2-1-3-15(16)9-23(24)31-25/h5-16H,17-18H2,1-4H3;2*1-12H,13-14H2. The zero-order chi connectivity index (χ0) is 71.0. The van der Waals surface area contributed by atoms with Crippen LogP contribution in [0, 0.1) is 27.7 Å². The largest absolute Gasteiger partial charge is 0.248 e. The van der Waals surface area contributed by atoms with Crippen molar-refractivity contribution in [2.75, 3.05) is 0 Å². The Morgan fingerprint density at radius 2 is 0.500 bits per heavy atom. The van der Waals surface area contributed by atoms with Gasteiger partial charge >= 0.3 is 0 Å². The van der Waals surface area contributed by atoms with Gasteiger partial charge in [0.25, 0.3) is 0 Å². The van der Waals surface area contributed by atoms with Gasteiger partial charge in [-0.25, -0.2) is 29.9 Å². The van der Waals surface area contributed by atoms with Gasteiger partial charge in [0.1, 0.15) is 0 Å². The molecule has 3 heterocycles.